The SMILES string of the molecule is O=C(O)c1ccc(NCC2CCC(O)CC2)cc1F. The van der Waals surface area contributed by atoms with Crippen molar-refractivity contribution in [2.45, 2.75) is 31.8 Å². The largest absolute Gasteiger partial charge is 0.478 e. The van der Waals surface area contributed by atoms with Crippen molar-refractivity contribution in [3.8, 4) is 0 Å². The van der Waals surface area contributed by atoms with Crippen LogP contribution in [-0.2, 0) is 0 Å². The number of rotatable bonds is 4. The number of benzene rings is 1. The Morgan fingerprint density at radius 3 is 2.58 bits per heavy atom. The number of carboxylic acid groups (broad SMARTS) is 1. The molecule has 0 aliphatic heterocycles. The van der Waals surface area contributed by atoms with Gasteiger partial charge in [0, 0.05) is 12.2 Å². The van der Waals surface area contributed by atoms with Gasteiger partial charge in [0.05, 0.1) is 11.7 Å². The maximum Gasteiger partial charge on any atom is 0.338 e. The van der Waals surface area contributed by atoms with Crippen molar-refractivity contribution in [1.29, 1.82) is 0 Å². The number of hydrogen-bond acceptors (Lipinski definition) is 3. The molecular weight excluding hydrogens is 249 g/mol. The summed E-state index contributed by atoms with van der Waals surface area (Å²) in [6.45, 7) is 0.721. The average Bonchev–Trinajstić information content (AvgIpc) is 2.37. The molecule has 1 aliphatic rings. The van der Waals surface area contributed by atoms with Crippen molar-refractivity contribution in [2.75, 3.05) is 11.9 Å². The summed E-state index contributed by atoms with van der Waals surface area (Å²) in [5.74, 6) is -1.51. The Kier molecular flexibility index (Phi) is 4.37. The van der Waals surface area contributed by atoms with Crippen LogP contribution in [-0.4, -0.2) is 28.8 Å². The molecule has 104 valence electrons. The first-order chi connectivity index (χ1) is 9.06. The van der Waals surface area contributed by atoms with Gasteiger partial charge >= 0.3 is 5.97 Å². The Balaban J connectivity index is 1.89. The third-order valence-electron chi connectivity index (χ3n) is 3.61. The molecule has 4 nitrogen and oxygen atoms in total. The number of hydrogen-bond donors (Lipinski definition) is 3. The smallest absolute Gasteiger partial charge is 0.338 e. The molecule has 3 N–H and O–H groups in total. The predicted octanol–water partition coefficient (Wildman–Crippen LogP) is 2.49. The topological polar surface area (TPSA) is 69.6 Å². The Morgan fingerprint density at radius 2 is 2.00 bits per heavy atom. The molecule has 2 rings (SSSR count). The van der Waals surface area contributed by atoms with Gasteiger partial charge in [0.25, 0.3) is 0 Å². The molecule has 1 aromatic rings. The lowest BCUT2D eigenvalue weighted by atomic mass is 9.87. The van der Waals surface area contributed by atoms with Crippen LogP contribution in [0.15, 0.2) is 18.2 Å². The van der Waals surface area contributed by atoms with Crippen LogP contribution in [0.1, 0.15) is 36.0 Å². The third kappa shape index (κ3) is 3.67. The van der Waals surface area contributed by atoms with Crippen LogP contribution in [0.3, 0.4) is 0 Å². The molecule has 0 bridgehead atoms. The van der Waals surface area contributed by atoms with Gasteiger partial charge in [-0.3, -0.25) is 0 Å². The minimum Gasteiger partial charge on any atom is -0.478 e. The fourth-order valence-electron chi connectivity index (χ4n) is 2.41. The second-order valence-corrected chi connectivity index (χ2v) is 5.06. The van der Waals surface area contributed by atoms with Crippen molar-refractivity contribution >= 4 is 11.7 Å². The Morgan fingerprint density at radius 1 is 1.32 bits per heavy atom. The van der Waals surface area contributed by atoms with E-state index in [1.54, 1.807) is 6.07 Å². The second-order valence-electron chi connectivity index (χ2n) is 5.06. The zero-order chi connectivity index (χ0) is 13.8. The first-order valence-corrected chi connectivity index (χ1v) is 6.51. The van der Waals surface area contributed by atoms with E-state index in [0.717, 1.165) is 32.2 Å². The molecule has 1 fully saturated rings. The molecular formula is C14H18FNO3. The van der Waals surface area contributed by atoms with E-state index in [-0.39, 0.29) is 11.7 Å². The predicted molar refractivity (Wildman–Crippen MR) is 69.8 cm³/mol. The highest BCUT2D eigenvalue weighted by atomic mass is 19.1. The molecule has 1 aromatic carbocycles. The molecule has 0 atom stereocenters. The summed E-state index contributed by atoms with van der Waals surface area (Å²) in [4.78, 5) is 10.7. The van der Waals surface area contributed by atoms with Crippen LogP contribution in [0, 0.1) is 11.7 Å². The number of aliphatic hydroxyl groups excluding tert-OH is 1. The highest BCUT2D eigenvalue weighted by Gasteiger charge is 2.19. The summed E-state index contributed by atoms with van der Waals surface area (Å²) < 4.78 is 13.5. The Hall–Kier alpha value is -1.62. The number of aromatic carboxylic acids is 1. The van der Waals surface area contributed by atoms with E-state index in [2.05, 4.69) is 5.32 Å². The average molecular weight is 267 g/mol. The summed E-state index contributed by atoms with van der Waals surface area (Å²) in [5, 5.41) is 21.3. The van der Waals surface area contributed by atoms with Gasteiger partial charge in [-0.2, -0.15) is 0 Å². The molecule has 19 heavy (non-hydrogen) atoms. The lowest BCUT2D eigenvalue weighted by molar-refractivity contribution is 0.0692. The van der Waals surface area contributed by atoms with Gasteiger partial charge in [-0.15, -0.1) is 0 Å². The zero-order valence-corrected chi connectivity index (χ0v) is 10.6. The minimum atomic E-state index is -1.26. The molecule has 5 heteroatoms. The normalized spacial score (nSPS) is 23.1. The summed E-state index contributed by atoms with van der Waals surface area (Å²) in [6, 6.07) is 4.05. The number of aliphatic hydroxyl groups is 1. The van der Waals surface area contributed by atoms with Gasteiger partial charge in [0.1, 0.15) is 5.82 Å². The van der Waals surface area contributed by atoms with Gasteiger partial charge in [-0.25, -0.2) is 9.18 Å². The Labute approximate surface area is 111 Å². The first kappa shape index (κ1) is 13.8. The summed E-state index contributed by atoms with van der Waals surface area (Å²) >= 11 is 0. The summed E-state index contributed by atoms with van der Waals surface area (Å²) in [6.07, 6.45) is 3.38. The lowest BCUT2D eigenvalue weighted by Crippen LogP contribution is -2.23. The number of carbonyl (C=O) groups is 1. The molecule has 0 aromatic heterocycles. The van der Waals surface area contributed by atoms with E-state index in [4.69, 9.17) is 5.11 Å². The maximum atomic E-state index is 13.5. The van der Waals surface area contributed by atoms with Crippen LogP contribution in [0.25, 0.3) is 0 Å². The summed E-state index contributed by atoms with van der Waals surface area (Å²) in [5.41, 5.74) is 0.278. The molecule has 0 saturated heterocycles. The molecule has 1 saturated carbocycles. The minimum absolute atomic E-state index is 0.177. The number of nitrogens with one attached hydrogen (secondary N) is 1. The molecule has 0 heterocycles. The molecule has 0 amide bonds. The van der Waals surface area contributed by atoms with Crippen molar-refractivity contribution < 1.29 is 19.4 Å². The second kappa shape index (κ2) is 6.02. The van der Waals surface area contributed by atoms with E-state index >= 15 is 0 Å². The van der Waals surface area contributed by atoms with Crippen molar-refractivity contribution in [1.82, 2.24) is 0 Å². The Bertz CT molecular complexity index is 456. The zero-order valence-electron chi connectivity index (χ0n) is 10.6. The standard InChI is InChI=1S/C14H18FNO3/c15-13-7-10(3-6-12(13)14(18)19)16-8-9-1-4-11(17)5-2-9/h3,6-7,9,11,16-17H,1-2,4-5,8H2,(H,18,19). The quantitative estimate of drug-likeness (QED) is 0.784. The summed E-state index contributed by atoms with van der Waals surface area (Å²) in [7, 11) is 0. The van der Waals surface area contributed by atoms with E-state index in [1.165, 1.54) is 12.1 Å². The fraction of sp³-hybridized carbons (Fsp3) is 0.500. The first-order valence-electron chi connectivity index (χ1n) is 6.51. The fourth-order valence-corrected chi connectivity index (χ4v) is 2.41. The highest BCUT2D eigenvalue weighted by molar-refractivity contribution is 5.88. The van der Waals surface area contributed by atoms with Crippen LogP contribution >= 0.6 is 0 Å². The van der Waals surface area contributed by atoms with Crippen molar-refractivity contribution in [3.05, 3.63) is 29.6 Å². The van der Waals surface area contributed by atoms with Gasteiger partial charge in [-0.1, -0.05) is 0 Å². The molecule has 1 aliphatic carbocycles. The number of anilines is 1. The van der Waals surface area contributed by atoms with Gasteiger partial charge in [0.2, 0.25) is 0 Å². The van der Waals surface area contributed by atoms with Crippen molar-refractivity contribution in [3.63, 3.8) is 0 Å². The molecule has 0 unspecified atom stereocenters. The number of carboxylic acids is 1. The van der Waals surface area contributed by atoms with E-state index in [0.29, 0.717) is 11.6 Å². The third-order valence-corrected chi connectivity index (χ3v) is 3.61. The monoisotopic (exact) mass is 267 g/mol. The van der Waals surface area contributed by atoms with Crippen LogP contribution in [0.5, 0.6) is 0 Å². The van der Waals surface area contributed by atoms with E-state index in [1.807, 2.05) is 0 Å². The van der Waals surface area contributed by atoms with Crippen LogP contribution in [0.2, 0.25) is 0 Å². The van der Waals surface area contributed by atoms with Gasteiger partial charge in [-0.05, 0) is 49.8 Å². The molecule has 0 radical (unpaired) electrons. The maximum absolute atomic E-state index is 13.5. The van der Waals surface area contributed by atoms with Crippen molar-refractivity contribution in [2.24, 2.45) is 5.92 Å². The molecule has 0 spiro atoms. The number of halogens is 1. The van der Waals surface area contributed by atoms with E-state index in [9.17, 15) is 14.3 Å². The van der Waals surface area contributed by atoms with Gasteiger partial charge in [0.15, 0.2) is 0 Å². The van der Waals surface area contributed by atoms with E-state index < -0.39 is 11.8 Å². The van der Waals surface area contributed by atoms with Crippen LogP contribution < -0.4 is 5.32 Å². The highest BCUT2D eigenvalue weighted by Crippen LogP contribution is 2.24. The van der Waals surface area contributed by atoms with Gasteiger partial charge < -0.3 is 15.5 Å². The van der Waals surface area contributed by atoms with Crippen LogP contribution in [0.4, 0.5) is 10.1 Å². The lowest BCUT2D eigenvalue weighted by Gasteiger charge is -2.25.